The Labute approximate surface area is 115 Å². The maximum Gasteiger partial charge on any atom is 0.158 e. The predicted molar refractivity (Wildman–Crippen MR) is 79.0 cm³/mol. The molecule has 0 heterocycles. The fraction of sp³-hybridized carbons (Fsp3) is 0.600. The first-order chi connectivity index (χ1) is 8.76. The van der Waals surface area contributed by atoms with Gasteiger partial charge in [0, 0.05) is 25.4 Å². The fourth-order valence-corrected chi connectivity index (χ4v) is 2.68. The Kier molecular flexibility index (Phi) is 8.14. The van der Waals surface area contributed by atoms with Crippen molar-refractivity contribution in [3.8, 4) is 0 Å². The first-order valence-corrected chi connectivity index (χ1v) is 7.78. The van der Waals surface area contributed by atoms with E-state index in [-0.39, 0.29) is 6.29 Å². The van der Waals surface area contributed by atoms with Crippen molar-refractivity contribution in [3.05, 3.63) is 35.4 Å². The second-order valence-corrected chi connectivity index (χ2v) is 5.28. The molecule has 1 aromatic carbocycles. The van der Waals surface area contributed by atoms with Crippen LogP contribution in [0.2, 0.25) is 0 Å². The minimum Gasteiger partial charge on any atom is -0.353 e. The van der Waals surface area contributed by atoms with Gasteiger partial charge in [0.05, 0.1) is 0 Å². The van der Waals surface area contributed by atoms with E-state index in [1.54, 1.807) is 0 Å². The lowest BCUT2D eigenvalue weighted by Crippen LogP contribution is -2.18. The van der Waals surface area contributed by atoms with E-state index in [0.717, 1.165) is 17.9 Å². The fourth-order valence-electron chi connectivity index (χ4n) is 1.76. The molecule has 0 bridgehead atoms. The largest absolute Gasteiger partial charge is 0.353 e. The summed E-state index contributed by atoms with van der Waals surface area (Å²) >= 11 is 1.94. The van der Waals surface area contributed by atoms with Gasteiger partial charge in [-0.3, -0.25) is 0 Å². The van der Waals surface area contributed by atoms with Crippen LogP contribution in [0.1, 0.15) is 31.4 Å². The third kappa shape index (κ3) is 6.43. The molecule has 0 unspecified atom stereocenters. The van der Waals surface area contributed by atoms with Crippen molar-refractivity contribution in [3.63, 3.8) is 0 Å². The summed E-state index contributed by atoms with van der Waals surface area (Å²) in [5, 5.41) is 0. The van der Waals surface area contributed by atoms with Crippen LogP contribution in [0.5, 0.6) is 0 Å². The molecular weight excluding hydrogens is 244 g/mol. The molecule has 0 aromatic heterocycles. The molecule has 18 heavy (non-hydrogen) atoms. The van der Waals surface area contributed by atoms with E-state index in [9.17, 15) is 0 Å². The number of hydrogen-bond acceptors (Lipinski definition) is 3. The molecule has 0 aliphatic rings. The normalized spacial score (nSPS) is 11.1. The molecule has 0 radical (unpaired) electrons. The van der Waals surface area contributed by atoms with Gasteiger partial charge in [-0.15, -0.1) is 0 Å². The van der Waals surface area contributed by atoms with Gasteiger partial charge in [0.2, 0.25) is 0 Å². The average molecular weight is 268 g/mol. The van der Waals surface area contributed by atoms with E-state index in [4.69, 9.17) is 9.47 Å². The van der Waals surface area contributed by atoms with Crippen LogP contribution < -0.4 is 0 Å². The van der Waals surface area contributed by atoms with Crippen molar-refractivity contribution < 1.29 is 9.47 Å². The second kappa shape index (κ2) is 9.42. The Bertz CT molecular complexity index is 322. The van der Waals surface area contributed by atoms with Crippen LogP contribution in [-0.2, 0) is 15.2 Å². The minimum absolute atomic E-state index is 0.0370. The summed E-state index contributed by atoms with van der Waals surface area (Å²) in [5.41, 5.74) is 2.72. The number of aryl methyl sites for hydroxylation is 1. The molecule has 1 aromatic rings. The lowest BCUT2D eigenvalue weighted by atomic mass is 10.2. The van der Waals surface area contributed by atoms with Crippen LogP contribution in [0.25, 0.3) is 0 Å². The molecule has 3 heteroatoms. The van der Waals surface area contributed by atoms with Crippen LogP contribution in [0, 0.1) is 6.92 Å². The van der Waals surface area contributed by atoms with Crippen LogP contribution in [-0.4, -0.2) is 25.3 Å². The lowest BCUT2D eigenvalue weighted by Gasteiger charge is -2.16. The van der Waals surface area contributed by atoms with Crippen molar-refractivity contribution in [2.24, 2.45) is 0 Å². The Hall–Kier alpha value is -0.510. The van der Waals surface area contributed by atoms with E-state index in [2.05, 4.69) is 31.2 Å². The first kappa shape index (κ1) is 15.5. The summed E-state index contributed by atoms with van der Waals surface area (Å²) in [6.07, 6.45) is 0.919. The highest BCUT2D eigenvalue weighted by Gasteiger charge is 2.07. The SMILES string of the molecule is CCOC(CCSCc1cccc(C)c1)OCC. The van der Waals surface area contributed by atoms with Gasteiger partial charge in [0.25, 0.3) is 0 Å². The molecular formula is C15H24O2S. The highest BCUT2D eigenvalue weighted by Crippen LogP contribution is 2.16. The third-order valence-corrected chi connectivity index (χ3v) is 3.62. The van der Waals surface area contributed by atoms with Gasteiger partial charge in [0.1, 0.15) is 0 Å². The van der Waals surface area contributed by atoms with Gasteiger partial charge in [-0.05, 0) is 32.1 Å². The number of benzene rings is 1. The summed E-state index contributed by atoms with van der Waals surface area (Å²) in [7, 11) is 0. The molecule has 0 saturated heterocycles. The molecule has 0 amide bonds. The number of thioether (sulfide) groups is 1. The second-order valence-electron chi connectivity index (χ2n) is 4.17. The highest BCUT2D eigenvalue weighted by atomic mass is 32.2. The van der Waals surface area contributed by atoms with E-state index in [1.807, 2.05) is 25.6 Å². The molecule has 0 fully saturated rings. The number of hydrogen-bond donors (Lipinski definition) is 0. The Morgan fingerprint density at radius 2 is 1.89 bits per heavy atom. The molecule has 0 aliphatic carbocycles. The summed E-state index contributed by atoms with van der Waals surface area (Å²) in [6, 6.07) is 8.68. The van der Waals surface area contributed by atoms with Crippen LogP contribution in [0.3, 0.4) is 0 Å². The minimum atomic E-state index is -0.0370. The van der Waals surface area contributed by atoms with Crippen molar-refractivity contribution >= 4 is 11.8 Å². The van der Waals surface area contributed by atoms with Crippen molar-refractivity contribution in [1.29, 1.82) is 0 Å². The molecule has 0 saturated carbocycles. The van der Waals surface area contributed by atoms with Gasteiger partial charge in [-0.2, -0.15) is 11.8 Å². The zero-order valence-corrected chi connectivity index (χ0v) is 12.5. The zero-order valence-electron chi connectivity index (χ0n) is 11.6. The Morgan fingerprint density at radius 1 is 1.17 bits per heavy atom. The third-order valence-electron chi connectivity index (χ3n) is 2.55. The van der Waals surface area contributed by atoms with Gasteiger partial charge in [0.15, 0.2) is 6.29 Å². The van der Waals surface area contributed by atoms with Gasteiger partial charge in [-0.25, -0.2) is 0 Å². The summed E-state index contributed by atoms with van der Waals surface area (Å²) in [4.78, 5) is 0. The zero-order chi connectivity index (χ0) is 13.2. The van der Waals surface area contributed by atoms with E-state index in [0.29, 0.717) is 13.2 Å². The van der Waals surface area contributed by atoms with Crippen molar-refractivity contribution in [1.82, 2.24) is 0 Å². The highest BCUT2D eigenvalue weighted by molar-refractivity contribution is 7.98. The van der Waals surface area contributed by atoms with Crippen LogP contribution in [0.15, 0.2) is 24.3 Å². The van der Waals surface area contributed by atoms with Gasteiger partial charge < -0.3 is 9.47 Å². The topological polar surface area (TPSA) is 18.5 Å². The molecule has 0 spiro atoms. The Morgan fingerprint density at radius 3 is 2.50 bits per heavy atom. The van der Waals surface area contributed by atoms with Gasteiger partial charge in [-0.1, -0.05) is 29.8 Å². The summed E-state index contributed by atoms with van der Waals surface area (Å²) in [6.45, 7) is 7.58. The maximum absolute atomic E-state index is 5.52. The molecule has 2 nitrogen and oxygen atoms in total. The van der Waals surface area contributed by atoms with Crippen LogP contribution in [0.4, 0.5) is 0 Å². The smallest absolute Gasteiger partial charge is 0.158 e. The number of rotatable bonds is 9. The lowest BCUT2D eigenvalue weighted by molar-refractivity contribution is -0.136. The number of ether oxygens (including phenoxy) is 2. The average Bonchev–Trinajstić information content (AvgIpc) is 2.35. The van der Waals surface area contributed by atoms with Gasteiger partial charge >= 0.3 is 0 Å². The maximum atomic E-state index is 5.52. The van der Waals surface area contributed by atoms with Crippen molar-refractivity contribution in [2.45, 2.75) is 39.2 Å². The Balaban J connectivity index is 2.20. The molecule has 0 aliphatic heterocycles. The predicted octanol–water partition coefficient (Wildman–Crippen LogP) is 4.02. The quantitative estimate of drug-likeness (QED) is 0.498. The van der Waals surface area contributed by atoms with E-state index >= 15 is 0 Å². The molecule has 0 N–H and O–H groups in total. The van der Waals surface area contributed by atoms with E-state index < -0.39 is 0 Å². The van der Waals surface area contributed by atoms with Crippen LogP contribution >= 0.6 is 11.8 Å². The van der Waals surface area contributed by atoms with E-state index in [1.165, 1.54) is 11.1 Å². The van der Waals surface area contributed by atoms with Crippen molar-refractivity contribution in [2.75, 3.05) is 19.0 Å². The summed E-state index contributed by atoms with van der Waals surface area (Å²) < 4.78 is 11.0. The summed E-state index contributed by atoms with van der Waals surface area (Å²) in [5.74, 6) is 2.13. The molecule has 102 valence electrons. The first-order valence-electron chi connectivity index (χ1n) is 6.62. The molecule has 1 rings (SSSR count). The standard InChI is InChI=1S/C15H24O2S/c1-4-16-15(17-5-2)9-10-18-12-14-8-6-7-13(3)11-14/h6-8,11,15H,4-5,9-10,12H2,1-3H3. The molecule has 0 atom stereocenters. The monoisotopic (exact) mass is 268 g/mol.